The lowest BCUT2D eigenvalue weighted by Gasteiger charge is -2.00. The minimum atomic E-state index is 0.310. The topological polar surface area (TPSA) is 35.0 Å². The molecule has 4 heteroatoms. The van der Waals surface area contributed by atoms with Crippen LogP contribution < -0.4 is 4.74 Å². The van der Waals surface area contributed by atoms with Gasteiger partial charge >= 0.3 is 0 Å². The van der Waals surface area contributed by atoms with E-state index in [1.807, 2.05) is 6.92 Å². The summed E-state index contributed by atoms with van der Waals surface area (Å²) in [5.41, 5.74) is 0. The van der Waals surface area contributed by atoms with Crippen LogP contribution in [0.5, 0.6) is 5.88 Å². The summed E-state index contributed by atoms with van der Waals surface area (Å²) in [4.78, 5) is 7.63. The molecule has 0 aliphatic heterocycles. The number of hydrogen-bond acceptors (Lipinski definition) is 3. The fraction of sp³-hybridized carbons (Fsp3) is 0.333. The molecule has 1 aromatic rings. The summed E-state index contributed by atoms with van der Waals surface area (Å²) in [7, 11) is 0. The lowest BCUT2D eigenvalue weighted by atomic mass is 10.7. The normalized spacial score (nSPS) is 9.40. The summed E-state index contributed by atoms with van der Waals surface area (Å²) >= 11 is 5.60. The van der Waals surface area contributed by atoms with E-state index in [9.17, 15) is 0 Å². The molecule has 54 valence electrons. The Kier molecular flexibility index (Phi) is 2.45. The van der Waals surface area contributed by atoms with Gasteiger partial charge in [0.05, 0.1) is 6.61 Å². The van der Waals surface area contributed by atoms with Crippen molar-refractivity contribution in [3.8, 4) is 5.88 Å². The highest BCUT2D eigenvalue weighted by Crippen LogP contribution is 2.15. The average molecular weight is 159 g/mol. The fourth-order valence-electron chi connectivity index (χ4n) is 0.542. The highest BCUT2D eigenvalue weighted by atomic mass is 35.5. The van der Waals surface area contributed by atoms with Crippen LogP contribution in [0.2, 0.25) is 5.15 Å². The van der Waals surface area contributed by atoms with Gasteiger partial charge in [0.25, 0.3) is 5.88 Å². The van der Waals surface area contributed by atoms with Gasteiger partial charge in [-0.2, -0.15) is 0 Å². The van der Waals surface area contributed by atoms with Gasteiger partial charge in [-0.1, -0.05) is 11.6 Å². The van der Waals surface area contributed by atoms with Crippen molar-refractivity contribution in [2.45, 2.75) is 6.92 Å². The number of nitrogens with zero attached hydrogens (tertiary/aromatic N) is 2. The molecule has 10 heavy (non-hydrogen) atoms. The smallest absolute Gasteiger partial charge is 0.252 e. The van der Waals surface area contributed by atoms with Gasteiger partial charge in [-0.15, -0.1) is 0 Å². The molecule has 0 saturated carbocycles. The first-order valence-corrected chi connectivity index (χ1v) is 3.31. The summed E-state index contributed by atoms with van der Waals surface area (Å²) in [5.74, 6) is 0.395. The molecule has 0 radical (unpaired) electrons. The van der Waals surface area contributed by atoms with Gasteiger partial charge in [0.2, 0.25) is 0 Å². The molecule has 0 amide bonds. The van der Waals surface area contributed by atoms with E-state index >= 15 is 0 Å². The number of rotatable bonds is 2. The maximum absolute atomic E-state index is 5.60. The quantitative estimate of drug-likeness (QED) is 0.655. The summed E-state index contributed by atoms with van der Waals surface area (Å²) in [5, 5.41) is 0.310. The molecule has 0 bridgehead atoms. The van der Waals surface area contributed by atoms with Crippen molar-refractivity contribution >= 4 is 11.6 Å². The Hall–Kier alpha value is -0.830. The third kappa shape index (κ3) is 1.57. The number of ether oxygens (including phenoxy) is 1. The Labute approximate surface area is 64.0 Å². The van der Waals surface area contributed by atoms with E-state index in [-0.39, 0.29) is 0 Å². The maximum atomic E-state index is 5.60. The molecule has 0 saturated heterocycles. The Bertz CT molecular complexity index is 217. The van der Waals surface area contributed by atoms with Crippen LogP contribution in [0, 0.1) is 0 Å². The van der Waals surface area contributed by atoms with E-state index in [2.05, 4.69) is 9.97 Å². The molecule has 0 aromatic carbocycles. The third-order valence-electron chi connectivity index (χ3n) is 0.904. The van der Waals surface area contributed by atoms with Crippen molar-refractivity contribution in [2.75, 3.05) is 6.61 Å². The largest absolute Gasteiger partial charge is 0.476 e. The van der Waals surface area contributed by atoms with Crippen LogP contribution >= 0.6 is 11.6 Å². The van der Waals surface area contributed by atoms with Crippen molar-refractivity contribution in [3.05, 3.63) is 17.5 Å². The number of halogens is 1. The van der Waals surface area contributed by atoms with Crippen LogP contribution in [-0.2, 0) is 0 Å². The third-order valence-corrected chi connectivity index (χ3v) is 1.16. The van der Waals surface area contributed by atoms with E-state index in [1.165, 1.54) is 12.4 Å². The van der Waals surface area contributed by atoms with Gasteiger partial charge in [-0.25, -0.2) is 9.97 Å². The number of hydrogen-bond donors (Lipinski definition) is 0. The highest BCUT2D eigenvalue weighted by Gasteiger charge is 1.99. The fourth-order valence-corrected chi connectivity index (χ4v) is 0.702. The Balaban J connectivity index is 2.81. The summed E-state index contributed by atoms with van der Waals surface area (Å²) in [6.07, 6.45) is 3.06. The molecule has 3 nitrogen and oxygen atoms in total. The lowest BCUT2D eigenvalue weighted by molar-refractivity contribution is 0.325. The van der Waals surface area contributed by atoms with Gasteiger partial charge < -0.3 is 4.74 Å². The van der Waals surface area contributed by atoms with E-state index in [0.717, 1.165) is 0 Å². The minimum absolute atomic E-state index is 0.310. The molecule has 0 fully saturated rings. The maximum Gasteiger partial charge on any atom is 0.252 e. The standard InChI is InChI=1S/C6H7ClN2O/c1-2-10-6-5(7)8-3-4-9-6/h3-4H,2H2,1H3. The number of aromatic nitrogens is 2. The highest BCUT2D eigenvalue weighted by molar-refractivity contribution is 6.30. The van der Waals surface area contributed by atoms with Crippen LogP contribution in [-0.4, -0.2) is 16.6 Å². The zero-order chi connectivity index (χ0) is 7.40. The van der Waals surface area contributed by atoms with E-state index < -0.39 is 0 Å². The summed E-state index contributed by atoms with van der Waals surface area (Å²) in [6.45, 7) is 2.42. The molecule has 1 rings (SSSR count). The second-order valence-corrected chi connectivity index (χ2v) is 1.94. The Morgan fingerprint density at radius 2 is 2.20 bits per heavy atom. The lowest BCUT2D eigenvalue weighted by Crippen LogP contribution is -1.95. The van der Waals surface area contributed by atoms with E-state index in [0.29, 0.717) is 17.6 Å². The van der Waals surface area contributed by atoms with Gasteiger partial charge in [0.15, 0.2) is 5.15 Å². The van der Waals surface area contributed by atoms with Crippen molar-refractivity contribution in [1.82, 2.24) is 9.97 Å². The van der Waals surface area contributed by atoms with Gasteiger partial charge in [-0.05, 0) is 6.92 Å². The molecule has 0 aliphatic carbocycles. The Morgan fingerprint density at radius 1 is 1.50 bits per heavy atom. The second kappa shape index (κ2) is 3.37. The van der Waals surface area contributed by atoms with Crippen molar-refractivity contribution in [1.29, 1.82) is 0 Å². The molecule has 0 N–H and O–H groups in total. The van der Waals surface area contributed by atoms with Crippen LogP contribution in [0.4, 0.5) is 0 Å². The molecular formula is C6H7ClN2O. The summed E-state index contributed by atoms with van der Waals surface area (Å²) < 4.78 is 5.03. The molecule has 0 unspecified atom stereocenters. The Morgan fingerprint density at radius 3 is 2.80 bits per heavy atom. The predicted molar refractivity (Wildman–Crippen MR) is 38.2 cm³/mol. The summed E-state index contributed by atoms with van der Waals surface area (Å²) in [6, 6.07) is 0. The van der Waals surface area contributed by atoms with Crippen molar-refractivity contribution in [2.24, 2.45) is 0 Å². The van der Waals surface area contributed by atoms with E-state index in [4.69, 9.17) is 16.3 Å². The van der Waals surface area contributed by atoms with Crippen LogP contribution in [0.15, 0.2) is 12.4 Å². The van der Waals surface area contributed by atoms with Crippen molar-refractivity contribution in [3.63, 3.8) is 0 Å². The zero-order valence-electron chi connectivity index (χ0n) is 5.54. The van der Waals surface area contributed by atoms with Gasteiger partial charge in [0.1, 0.15) is 0 Å². The average Bonchev–Trinajstić information content (AvgIpc) is 1.94. The zero-order valence-corrected chi connectivity index (χ0v) is 6.30. The van der Waals surface area contributed by atoms with Crippen LogP contribution in [0.25, 0.3) is 0 Å². The molecule has 0 aliphatic rings. The molecule has 1 aromatic heterocycles. The van der Waals surface area contributed by atoms with Crippen LogP contribution in [0.3, 0.4) is 0 Å². The SMILES string of the molecule is CCOc1nccnc1Cl. The van der Waals surface area contributed by atoms with Crippen LogP contribution in [0.1, 0.15) is 6.92 Å². The van der Waals surface area contributed by atoms with E-state index in [1.54, 1.807) is 0 Å². The van der Waals surface area contributed by atoms with Crippen molar-refractivity contribution < 1.29 is 4.74 Å². The second-order valence-electron chi connectivity index (χ2n) is 1.59. The monoisotopic (exact) mass is 158 g/mol. The molecule has 0 spiro atoms. The molecular weight excluding hydrogens is 152 g/mol. The first-order valence-electron chi connectivity index (χ1n) is 2.94. The predicted octanol–water partition coefficient (Wildman–Crippen LogP) is 1.53. The minimum Gasteiger partial charge on any atom is -0.476 e. The van der Waals surface area contributed by atoms with Gasteiger partial charge in [0, 0.05) is 12.4 Å². The molecule has 1 heterocycles. The van der Waals surface area contributed by atoms with Gasteiger partial charge in [-0.3, -0.25) is 0 Å². The first-order chi connectivity index (χ1) is 4.84. The first kappa shape index (κ1) is 7.28. The molecule has 0 atom stereocenters.